The molecule has 0 aliphatic rings. The molecule has 0 saturated heterocycles. The number of hydrogen-bond acceptors (Lipinski definition) is 5. The van der Waals surface area contributed by atoms with Crippen LogP contribution in [0.1, 0.15) is 27.0 Å². The zero-order valence-corrected chi connectivity index (χ0v) is 16.8. The van der Waals surface area contributed by atoms with Gasteiger partial charge in [-0.2, -0.15) is 0 Å². The van der Waals surface area contributed by atoms with Gasteiger partial charge in [-0.25, -0.2) is 14.0 Å². The Hall–Kier alpha value is -3.93. The summed E-state index contributed by atoms with van der Waals surface area (Å²) >= 11 is 0. The van der Waals surface area contributed by atoms with E-state index in [1.54, 1.807) is 42.5 Å². The number of carbonyl (C=O) groups is 1. The van der Waals surface area contributed by atoms with Crippen molar-refractivity contribution in [3.8, 4) is 5.75 Å². The minimum absolute atomic E-state index is 0.0710. The van der Waals surface area contributed by atoms with Crippen molar-refractivity contribution in [3.05, 3.63) is 111 Å². The van der Waals surface area contributed by atoms with E-state index in [1.165, 1.54) is 18.2 Å². The molecule has 1 heterocycles. The topological polar surface area (TPSA) is 65.7 Å². The highest BCUT2D eigenvalue weighted by molar-refractivity contribution is 5.89. The third kappa shape index (κ3) is 4.98. The van der Waals surface area contributed by atoms with Gasteiger partial charge in [-0.3, -0.25) is 0 Å². The Morgan fingerprint density at radius 3 is 2.32 bits per heavy atom. The van der Waals surface area contributed by atoms with Crippen LogP contribution in [0.5, 0.6) is 5.75 Å². The summed E-state index contributed by atoms with van der Waals surface area (Å²) in [7, 11) is 0. The maximum Gasteiger partial charge on any atom is 0.338 e. The molecule has 4 rings (SSSR count). The average molecular weight is 418 g/mol. The second-order valence-corrected chi connectivity index (χ2v) is 7.09. The zero-order chi connectivity index (χ0) is 21.8. The molecule has 0 bridgehead atoms. The number of ether oxygens (including phenoxy) is 2. The lowest BCUT2D eigenvalue weighted by atomic mass is 10.1. The van der Waals surface area contributed by atoms with Crippen LogP contribution in [-0.2, 0) is 18.0 Å². The van der Waals surface area contributed by atoms with Crippen LogP contribution in [0.4, 0.5) is 4.39 Å². The molecule has 31 heavy (non-hydrogen) atoms. The maximum absolute atomic E-state index is 12.9. The molecule has 0 N–H and O–H groups in total. The summed E-state index contributed by atoms with van der Waals surface area (Å²) in [5.41, 5.74) is 2.90. The third-order valence-corrected chi connectivity index (χ3v) is 4.80. The van der Waals surface area contributed by atoms with E-state index >= 15 is 0 Å². The molecular weight excluding hydrogens is 399 g/mol. The van der Waals surface area contributed by atoms with Gasteiger partial charge in [-0.15, -0.1) is 0 Å². The van der Waals surface area contributed by atoms with Crippen LogP contribution >= 0.6 is 0 Å². The minimum atomic E-state index is -0.461. The fourth-order valence-electron chi connectivity index (χ4n) is 3.11. The summed E-state index contributed by atoms with van der Waals surface area (Å²) in [5, 5.41) is 0.857. The van der Waals surface area contributed by atoms with Crippen LogP contribution < -0.4 is 10.4 Å². The highest BCUT2D eigenvalue weighted by Crippen LogP contribution is 2.23. The largest absolute Gasteiger partial charge is 0.489 e. The maximum atomic E-state index is 12.9. The molecule has 3 aromatic carbocycles. The minimum Gasteiger partial charge on any atom is -0.489 e. The Morgan fingerprint density at radius 2 is 1.58 bits per heavy atom. The molecule has 0 aliphatic heterocycles. The van der Waals surface area contributed by atoms with Gasteiger partial charge in [0.05, 0.1) is 5.56 Å². The predicted octanol–water partition coefficient (Wildman–Crippen LogP) is 5.18. The predicted molar refractivity (Wildman–Crippen MR) is 114 cm³/mol. The number of rotatable bonds is 6. The van der Waals surface area contributed by atoms with Crippen molar-refractivity contribution in [1.29, 1.82) is 0 Å². The van der Waals surface area contributed by atoms with Gasteiger partial charge in [0.2, 0.25) is 0 Å². The Kier molecular flexibility index (Phi) is 5.80. The first kappa shape index (κ1) is 20.3. The Labute approximate surface area is 177 Å². The van der Waals surface area contributed by atoms with Crippen LogP contribution in [0, 0.1) is 12.7 Å². The van der Waals surface area contributed by atoms with Gasteiger partial charge in [-0.1, -0.05) is 24.3 Å². The van der Waals surface area contributed by atoms with Crippen LogP contribution in [-0.4, -0.2) is 5.97 Å². The highest BCUT2D eigenvalue weighted by atomic mass is 19.1. The lowest BCUT2D eigenvalue weighted by Gasteiger charge is -2.09. The van der Waals surface area contributed by atoms with Crippen molar-refractivity contribution in [2.45, 2.75) is 20.1 Å². The van der Waals surface area contributed by atoms with Gasteiger partial charge in [-0.05, 0) is 60.0 Å². The molecule has 1 aromatic heterocycles. The van der Waals surface area contributed by atoms with Gasteiger partial charge in [0.25, 0.3) is 0 Å². The van der Waals surface area contributed by atoms with Crippen LogP contribution in [0.25, 0.3) is 11.0 Å². The lowest BCUT2D eigenvalue weighted by Crippen LogP contribution is -2.05. The molecule has 0 fully saturated rings. The van der Waals surface area contributed by atoms with Crippen LogP contribution in [0.15, 0.2) is 82.0 Å². The molecule has 6 heteroatoms. The van der Waals surface area contributed by atoms with E-state index < -0.39 is 11.6 Å². The van der Waals surface area contributed by atoms with Gasteiger partial charge in [0.1, 0.15) is 30.4 Å². The van der Waals surface area contributed by atoms with E-state index in [9.17, 15) is 14.0 Å². The standard InChI is InChI=1S/C25H19FO5/c1-16-12-24(27)31-23-13-21(10-11-22(16)23)29-14-17-2-6-19(7-3-17)25(28)30-15-18-4-8-20(26)9-5-18/h2-13H,14-15H2,1H3. The summed E-state index contributed by atoms with van der Waals surface area (Å²) in [6, 6.07) is 19.5. The summed E-state index contributed by atoms with van der Waals surface area (Å²) in [4.78, 5) is 23.8. The van der Waals surface area contributed by atoms with Gasteiger partial charge >= 0.3 is 11.6 Å². The Bertz CT molecular complexity index is 1270. The first-order chi connectivity index (χ1) is 15.0. The molecule has 0 atom stereocenters. The molecule has 156 valence electrons. The molecule has 0 aliphatic carbocycles. The fourth-order valence-corrected chi connectivity index (χ4v) is 3.11. The molecular formula is C25H19FO5. The van der Waals surface area contributed by atoms with E-state index in [1.807, 2.05) is 19.1 Å². The van der Waals surface area contributed by atoms with E-state index in [2.05, 4.69) is 0 Å². The molecule has 0 unspecified atom stereocenters. The molecule has 4 aromatic rings. The van der Waals surface area contributed by atoms with Crippen molar-refractivity contribution in [2.24, 2.45) is 0 Å². The summed E-state index contributed by atoms with van der Waals surface area (Å²) < 4.78 is 29.2. The molecule has 5 nitrogen and oxygen atoms in total. The summed E-state index contributed by atoms with van der Waals surface area (Å²) in [6.45, 7) is 2.21. The second-order valence-electron chi connectivity index (χ2n) is 7.09. The second kappa shape index (κ2) is 8.83. The number of carbonyl (C=O) groups excluding carboxylic acids is 1. The van der Waals surface area contributed by atoms with Crippen molar-refractivity contribution < 1.29 is 23.1 Å². The van der Waals surface area contributed by atoms with E-state index in [0.29, 0.717) is 22.5 Å². The average Bonchev–Trinajstić information content (AvgIpc) is 2.77. The van der Waals surface area contributed by atoms with Crippen molar-refractivity contribution in [3.63, 3.8) is 0 Å². The monoisotopic (exact) mass is 418 g/mol. The Balaban J connectivity index is 1.36. The zero-order valence-electron chi connectivity index (χ0n) is 16.8. The normalized spacial score (nSPS) is 10.8. The summed E-state index contributed by atoms with van der Waals surface area (Å²) in [6.07, 6.45) is 0. The number of halogens is 1. The Morgan fingerprint density at radius 1 is 0.903 bits per heavy atom. The molecule has 0 saturated carbocycles. The molecule has 0 spiro atoms. The molecule has 0 radical (unpaired) electrons. The number of fused-ring (bicyclic) bond motifs is 1. The SMILES string of the molecule is Cc1cc(=O)oc2cc(OCc3ccc(C(=O)OCc4ccc(F)cc4)cc3)ccc12. The third-order valence-electron chi connectivity index (χ3n) is 4.80. The van der Waals surface area contributed by atoms with Crippen molar-refractivity contribution >= 4 is 16.9 Å². The van der Waals surface area contributed by atoms with E-state index in [4.69, 9.17) is 13.9 Å². The van der Waals surface area contributed by atoms with Gasteiger partial charge in [0.15, 0.2) is 0 Å². The highest BCUT2D eigenvalue weighted by Gasteiger charge is 2.09. The first-order valence-corrected chi connectivity index (χ1v) is 9.66. The van der Waals surface area contributed by atoms with Crippen molar-refractivity contribution in [1.82, 2.24) is 0 Å². The van der Waals surface area contributed by atoms with Crippen LogP contribution in [0.2, 0.25) is 0 Å². The van der Waals surface area contributed by atoms with E-state index in [-0.39, 0.29) is 19.0 Å². The fraction of sp³-hybridized carbons (Fsp3) is 0.120. The number of esters is 1. The number of aryl methyl sites for hydroxylation is 1. The summed E-state index contributed by atoms with van der Waals surface area (Å²) in [5.74, 6) is -0.225. The number of hydrogen-bond donors (Lipinski definition) is 0. The first-order valence-electron chi connectivity index (χ1n) is 9.66. The quantitative estimate of drug-likeness (QED) is 0.319. The lowest BCUT2D eigenvalue weighted by molar-refractivity contribution is 0.0472. The van der Waals surface area contributed by atoms with Crippen LogP contribution in [0.3, 0.4) is 0 Å². The van der Waals surface area contributed by atoms with E-state index in [0.717, 1.165) is 16.5 Å². The van der Waals surface area contributed by atoms with Crippen molar-refractivity contribution in [2.75, 3.05) is 0 Å². The van der Waals surface area contributed by atoms with Gasteiger partial charge in [0, 0.05) is 17.5 Å². The number of benzene rings is 3. The smallest absolute Gasteiger partial charge is 0.338 e. The van der Waals surface area contributed by atoms with Gasteiger partial charge < -0.3 is 13.9 Å². The molecule has 0 amide bonds.